The van der Waals surface area contributed by atoms with Crippen LogP contribution in [0.3, 0.4) is 0 Å². The van der Waals surface area contributed by atoms with Crippen molar-refractivity contribution in [3.63, 3.8) is 0 Å². The Labute approximate surface area is 119 Å². The maximum atomic E-state index is 13.7. The summed E-state index contributed by atoms with van der Waals surface area (Å²) >= 11 is 5.63. The fraction of sp³-hybridized carbons (Fsp3) is 0.0714. The van der Waals surface area contributed by atoms with Crippen LogP contribution in [0.4, 0.5) is 10.1 Å². The average molecular weight is 296 g/mol. The number of methoxy groups -OCH3 is 1. The first-order valence-corrected chi connectivity index (χ1v) is 6.03. The summed E-state index contributed by atoms with van der Waals surface area (Å²) in [6.45, 7) is 0. The third-order valence-corrected chi connectivity index (χ3v) is 2.93. The number of amides is 1. The van der Waals surface area contributed by atoms with Crippen molar-refractivity contribution in [3.8, 4) is 11.5 Å². The monoisotopic (exact) mass is 295 g/mol. The van der Waals surface area contributed by atoms with Crippen molar-refractivity contribution >= 4 is 23.2 Å². The lowest BCUT2D eigenvalue weighted by Crippen LogP contribution is -2.13. The summed E-state index contributed by atoms with van der Waals surface area (Å²) in [5.41, 5.74) is 0.139. The molecule has 2 aromatic rings. The summed E-state index contributed by atoms with van der Waals surface area (Å²) < 4.78 is 18.5. The van der Waals surface area contributed by atoms with Crippen molar-refractivity contribution in [1.29, 1.82) is 0 Å². The van der Waals surface area contributed by atoms with Crippen LogP contribution in [0.25, 0.3) is 0 Å². The first-order valence-electron chi connectivity index (χ1n) is 5.65. The largest absolute Gasteiger partial charge is 0.504 e. The van der Waals surface area contributed by atoms with Crippen LogP contribution in [-0.4, -0.2) is 18.1 Å². The number of halogens is 2. The predicted octanol–water partition coefficient (Wildman–Crippen LogP) is 3.45. The molecule has 0 bridgehead atoms. The second kappa shape index (κ2) is 5.79. The average Bonchev–Trinajstić information content (AvgIpc) is 2.43. The van der Waals surface area contributed by atoms with Gasteiger partial charge in [-0.2, -0.15) is 0 Å². The number of phenolic OH excluding ortho intramolecular Hbond substituents is 1. The minimum Gasteiger partial charge on any atom is -0.504 e. The molecule has 0 heterocycles. The van der Waals surface area contributed by atoms with E-state index in [4.69, 9.17) is 16.3 Å². The van der Waals surface area contributed by atoms with E-state index in [1.165, 1.54) is 43.5 Å². The number of aromatic hydroxyl groups is 1. The number of carbonyl (C=O) groups is 1. The molecule has 1 amide bonds. The van der Waals surface area contributed by atoms with Gasteiger partial charge in [-0.1, -0.05) is 17.7 Å². The number of ether oxygens (including phenoxy) is 1. The normalized spacial score (nSPS) is 10.2. The van der Waals surface area contributed by atoms with Gasteiger partial charge in [-0.05, 0) is 30.3 Å². The molecule has 4 nitrogen and oxygen atoms in total. The van der Waals surface area contributed by atoms with Crippen LogP contribution in [0.1, 0.15) is 10.4 Å². The molecule has 0 aromatic heterocycles. The molecule has 0 aliphatic heterocycles. The minimum atomic E-state index is -0.708. The summed E-state index contributed by atoms with van der Waals surface area (Å²) in [5.74, 6) is -1.20. The van der Waals surface area contributed by atoms with E-state index < -0.39 is 11.7 Å². The van der Waals surface area contributed by atoms with Crippen molar-refractivity contribution in [2.75, 3.05) is 12.4 Å². The molecule has 0 fully saturated rings. The number of rotatable bonds is 3. The molecule has 0 radical (unpaired) electrons. The zero-order valence-corrected chi connectivity index (χ0v) is 11.2. The standard InChI is InChI=1S/C14H11ClFNO3/c1-20-12-6-5-8(7-11(12)18)14(19)17-10-4-2-3-9(15)13(10)16/h2-7,18H,1H3,(H,17,19). The Morgan fingerprint density at radius 3 is 2.75 bits per heavy atom. The van der Waals surface area contributed by atoms with Crippen molar-refractivity contribution in [2.24, 2.45) is 0 Å². The van der Waals surface area contributed by atoms with Gasteiger partial charge in [-0.3, -0.25) is 4.79 Å². The molecule has 20 heavy (non-hydrogen) atoms. The van der Waals surface area contributed by atoms with Gasteiger partial charge in [-0.15, -0.1) is 0 Å². The SMILES string of the molecule is COc1ccc(C(=O)Nc2cccc(Cl)c2F)cc1O. The molecule has 2 N–H and O–H groups in total. The molecule has 0 atom stereocenters. The van der Waals surface area contributed by atoms with E-state index in [1.807, 2.05) is 0 Å². The summed E-state index contributed by atoms with van der Waals surface area (Å²) in [5, 5.41) is 11.9. The molecule has 0 saturated carbocycles. The zero-order valence-electron chi connectivity index (χ0n) is 10.5. The fourth-order valence-corrected chi connectivity index (χ4v) is 1.80. The molecular formula is C14H11ClFNO3. The lowest BCUT2D eigenvalue weighted by atomic mass is 10.2. The Bertz CT molecular complexity index is 661. The molecule has 2 rings (SSSR count). The van der Waals surface area contributed by atoms with Crippen LogP contribution < -0.4 is 10.1 Å². The maximum absolute atomic E-state index is 13.7. The van der Waals surface area contributed by atoms with Crippen molar-refractivity contribution in [2.45, 2.75) is 0 Å². The maximum Gasteiger partial charge on any atom is 0.255 e. The topological polar surface area (TPSA) is 58.6 Å². The van der Waals surface area contributed by atoms with Gasteiger partial charge in [0.1, 0.15) is 0 Å². The predicted molar refractivity (Wildman–Crippen MR) is 74.0 cm³/mol. The second-order valence-corrected chi connectivity index (χ2v) is 4.35. The smallest absolute Gasteiger partial charge is 0.255 e. The van der Waals surface area contributed by atoms with Crippen LogP contribution in [0, 0.1) is 5.82 Å². The lowest BCUT2D eigenvalue weighted by molar-refractivity contribution is 0.102. The van der Waals surface area contributed by atoms with Crippen LogP contribution in [0.15, 0.2) is 36.4 Å². The lowest BCUT2D eigenvalue weighted by Gasteiger charge is -2.09. The number of hydrogen-bond acceptors (Lipinski definition) is 3. The van der Waals surface area contributed by atoms with Crippen LogP contribution in [0.2, 0.25) is 5.02 Å². The van der Waals surface area contributed by atoms with Crippen molar-refractivity contribution in [1.82, 2.24) is 0 Å². The first-order chi connectivity index (χ1) is 9.52. The van der Waals surface area contributed by atoms with Gasteiger partial charge in [0.15, 0.2) is 17.3 Å². The Morgan fingerprint density at radius 1 is 1.35 bits per heavy atom. The molecule has 2 aromatic carbocycles. The molecular weight excluding hydrogens is 285 g/mol. The minimum absolute atomic E-state index is 0.0298. The summed E-state index contributed by atoms with van der Waals surface area (Å²) in [4.78, 5) is 12.0. The quantitative estimate of drug-likeness (QED) is 0.912. The van der Waals surface area contributed by atoms with Crippen molar-refractivity contribution in [3.05, 3.63) is 52.8 Å². The molecule has 0 unspecified atom stereocenters. The first kappa shape index (κ1) is 14.1. The van der Waals surface area contributed by atoms with Gasteiger partial charge in [-0.25, -0.2) is 4.39 Å². The van der Waals surface area contributed by atoms with E-state index in [2.05, 4.69) is 5.32 Å². The fourth-order valence-electron chi connectivity index (χ4n) is 1.63. The van der Waals surface area contributed by atoms with Crippen LogP contribution in [-0.2, 0) is 0 Å². The molecule has 0 aliphatic rings. The summed E-state index contributed by atoms with van der Waals surface area (Å²) in [6.07, 6.45) is 0. The molecule has 0 spiro atoms. The second-order valence-electron chi connectivity index (χ2n) is 3.94. The van der Waals surface area contributed by atoms with Gasteiger partial charge in [0.2, 0.25) is 0 Å². The Kier molecular flexibility index (Phi) is 4.10. The van der Waals surface area contributed by atoms with Crippen LogP contribution in [0.5, 0.6) is 11.5 Å². The summed E-state index contributed by atoms with van der Waals surface area (Å²) in [6, 6.07) is 8.42. The molecule has 0 aliphatic carbocycles. The third kappa shape index (κ3) is 2.83. The highest BCUT2D eigenvalue weighted by Gasteiger charge is 2.13. The number of carbonyl (C=O) groups excluding carboxylic acids is 1. The Hall–Kier alpha value is -2.27. The van der Waals surface area contributed by atoms with E-state index in [1.54, 1.807) is 0 Å². The number of hydrogen-bond donors (Lipinski definition) is 2. The third-order valence-electron chi connectivity index (χ3n) is 2.64. The van der Waals surface area contributed by atoms with Gasteiger partial charge >= 0.3 is 0 Å². The van der Waals surface area contributed by atoms with Gasteiger partial charge in [0, 0.05) is 5.56 Å². The van der Waals surface area contributed by atoms with Gasteiger partial charge in [0.25, 0.3) is 5.91 Å². The van der Waals surface area contributed by atoms with E-state index in [9.17, 15) is 14.3 Å². The number of anilines is 1. The highest BCUT2D eigenvalue weighted by molar-refractivity contribution is 6.31. The van der Waals surface area contributed by atoms with Gasteiger partial charge in [0.05, 0.1) is 17.8 Å². The van der Waals surface area contributed by atoms with Gasteiger partial charge < -0.3 is 15.2 Å². The Morgan fingerprint density at radius 2 is 2.10 bits per heavy atom. The highest BCUT2D eigenvalue weighted by Crippen LogP contribution is 2.27. The number of benzene rings is 2. The number of nitrogens with one attached hydrogen (secondary N) is 1. The molecule has 104 valence electrons. The van der Waals surface area contributed by atoms with E-state index in [0.717, 1.165) is 0 Å². The van der Waals surface area contributed by atoms with Crippen LogP contribution >= 0.6 is 11.6 Å². The summed E-state index contributed by atoms with van der Waals surface area (Å²) in [7, 11) is 1.40. The van der Waals surface area contributed by atoms with E-state index in [-0.39, 0.29) is 27.8 Å². The van der Waals surface area contributed by atoms with E-state index in [0.29, 0.717) is 0 Å². The highest BCUT2D eigenvalue weighted by atomic mass is 35.5. The van der Waals surface area contributed by atoms with E-state index >= 15 is 0 Å². The molecule has 0 saturated heterocycles. The Balaban J connectivity index is 2.24. The molecule has 6 heteroatoms. The zero-order chi connectivity index (χ0) is 14.7. The van der Waals surface area contributed by atoms with Crippen molar-refractivity contribution < 1.29 is 19.0 Å². The number of phenols is 1.